The monoisotopic (exact) mass is 129 g/mol. The van der Waals surface area contributed by atoms with E-state index < -0.39 is 16.4 Å². The average molecular weight is 129 g/mol. The van der Waals surface area contributed by atoms with E-state index in [-0.39, 0.29) is 0 Å². The van der Waals surface area contributed by atoms with Gasteiger partial charge in [0.2, 0.25) is 0 Å². The molecule has 0 heterocycles. The normalized spacial score (nSPS) is 17.0. The van der Waals surface area contributed by atoms with Crippen LogP contribution in [0.1, 0.15) is 6.42 Å². The van der Waals surface area contributed by atoms with Gasteiger partial charge >= 0.3 is 5.70 Å². The second-order valence-corrected chi connectivity index (χ2v) is 1.63. The SMILES string of the molecule is O=[N+]([O-])C1=CCC=C1F. The van der Waals surface area contributed by atoms with Crippen molar-refractivity contribution >= 4 is 0 Å². The van der Waals surface area contributed by atoms with Gasteiger partial charge in [-0.3, -0.25) is 10.1 Å². The molecule has 0 fully saturated rings. The van der Waals surface area contributed by atoms with Crippen molar-refractivity contribution in [2.24, 2.45) is 0 Å². The largest absolute Gasteiger partial charge is 0.300 e. The highest BCUT2D eigenvalue weighted by molar-refractivity contribution is 5.25. The van der Waals surface area contributed by atoms with Gasteiger partial charge in [-0.05, 0) is 12.5 Å². The van der Waals surface area contributed by atoms with Crippen LogP contribution in [-0.2, 0) is 0 Å². The second kappa shape index (κ2) is 1.97. The molecule has 0 aromatic heterocycles. The maximum Gasteiger partial charge on any atom is 0.300 e. The van der Waals surface area contributed by atoms with Crippen molar-refractivity contribution in [3.8, 4) is 0 Å². The molecule has 4 heteroatoms. The summed E-state index contributed by atoms with van der Waals surface area (Å²) in [6.45, 7) is 0. The molecule has 9 heavy (non-hydrogen) atoms. The molecule has 0 saturated carbocycles. The highest BCUT2D eigenvalue weighted by atomic mass is 19.1. The van der Waals surface area contributed by atoms with Crippen LogP contribution in [0.25, 0.3) is 0 Å². The summed E-state index contributed by atoms with van der Waals surface area (Å²) in [6, 6.07) is 0. The molecule has 0 saturated heterocycles. The standard InChI is InChI=1S/C5H4FNO2/c6-4-2-1-3-5(4)7(8)9/h2-3H,1H2. The molecular weight excluding hydrogens is 125 g/mol. The predicted octanol–water partition coefficient (Wildman–Crippen LogP) is 1.40. The number of rotatable bonds is 1. The van der Waals surface area contributed by atoms with Gasteiger partial charge in [0.1, 0.15) is 0 Å². The summed E-state index contributed by atoms with van der Waals surface area (Å²) in [4.78, 5) is 9.15. The summed E-state index contributed by atoms with van der Waals surface area (Å²) >= 11 is 0. The van der Waals surface area contributed by atoms with Gasteiger partial charge < -0.3 is 0 Å². The third-order valence-corrected chi connectivity index (χ3v) is 1.05. The Morgan fingerprint density at radius 1 is 1.67 bits per heavy atom. The molecule has 0 radical (unpaired) electrons. The molecule has 0 atom stereocenters. The van der Waals surface area contributed by atoms with Gasteiger partial charge in [-0.15, -0.1) is 0 Å². The summed E-state index contributed by atoms with van der Waals surface area (Å²) in [5, 5.41) is 9.87. The van der Waals surface area contributed by atoms with Crippen LogP contribution in [0.4, 0.5) is 4.39 Å². The van der Waals surface area contributed by atoms with Gasteiger partial charge in [0, 0.05) is 6.08 Å². The van der Waals surface area contributed by atoms with E-state index in [0.717, 1.165) is 0 Å². The lowest BCUT2D eigenvalue weighted by Crippen LogP contribution is -1.95. The van der Waals surface area contributed by atoms with Crippen molar-refractivity contribution < 1.29 is 9.31 Å². The van der Waals surface area contributed by atoms with Crippen molar-refractivity contribution in [1.82, 2.24) is 0 Å². The first-order valence-corrected chi connectivity index (χ1v) is 2.42. The van der Waals surface area contributed by atoms with Crippen molar-refractivity contribution in [2.45, 2.75) is 6.42 Å². The quantitative estimate of drug-likeness (QED) is 0.396. The summed E-state index contributed by atoms with van der Waals surface area (Å²) in [5.41, 5.74) is -0.407. The zero-order valence-electron chi connectivity index (χ0n) is 4.50. The molecule has 1 aliphatic rings. The molecule has 0 unspecified atom stereocenters. The van der Waals surface area contributed by atoms with Crippen LogP contribution < -0.4 is 0 Å². The third-order valence-electron chi connectivity index (χ3n) is 1.05. The minimum Gasteiger partial charge on any atom is -0.258 e. The molecule has 3 nitrogen and oxygen atoms in total. The lowest BCUT2D eigenvalue weighted by Gasteiger charge is -1.85. The lowest BCUT2D eigenvalue weighted by atomic mass is 10.5. The molecule has 0 spiro atoms. The Hall–Kier alpha value is -1.19. The number of hydrogen-bond acceptors (Lipinski definition) is 2. The summed E-state index contributed by atoms with van der Waals surface area (Å²) in [6.07, 6.45) is 2.76. The Bertz CT molecular complexity index is 207. The van der Waals surface area contributed by atoms with Crippen LogP contribution in [0.2, 0.25) is 0 Å². The Morgan fingerprint density at radius 2 is 2.33 bits per heavy atom. The van der Waals surface area contributed by atoms with Crippen molar-refractivity contribution in [2.75, 3.05) is 0 Å². The first-order valence-electron chi connectivity index (χ1n) is 2.42. The first-order chi connectivity index (χ1) is 4.22. The maximum absolute atomic E-state index is 12.2. The smallest absolute Gasteiger partial charge is 0.258 e. The Balaban J connectivity index is 2.84. The number of halogens is 1. The van der Waals surface area contributed by atoms with E-state index in [0.29, 0.717) is 6.42 Å². The highest BCUT2D eigenvalue weighted by Gasteiger charge is 2.19. The first kappa shape index (κ1) is 5.94. The number of nitro groups is 1. The third kappa shape index (κ3) is 0.960. The van der Waals surface area contributed by atoms with Gasteiger partial charge in [-0.25, -0.2) is 0 Å². The predicted molar refractivity (Wildman–Crippen MR) is 28.9 cm³/mol. The summed E-state index contributed by atoms with van der Waals surface area (Å²) in [7, 11) is 0. The molecule has 0 amide bonds. The maximum atomic E-state index is 12.2. The van der Waals surface area contributed by atoms with Crippen LogP contribution in [-0.4, -0.2) is 4.92 Å². The van der Waals surface area contributed by atoms with Crippen LogP contribution >= 0.6 is 0 Å². The summed E-state index contributed by atoms with van der Waals surface area (Å²) in [5.74, 6) is -0.722. The van der Waals surface area contributed by atoms with Crippen LogP contribution in [0, 0.1) is 10.1 Å². The fraction of sp³-hybridized carbons (Fsp3) is 0.200. The van der Waals surface area contributed by atoms with Crippen molar-refractivity contribution in [1.29, 1.82) is 0 Å². The van der Waals surface area contributed by atoms with Crippen molar-refractivity contribution in [3.63, 3.8) is 0 Å². The zero-order chi connectivity index (χ0) is 6.85. The fourth-order valence-corrected chi connectivity index (χ4v) is 0.638. The number of allylic oxidation sites excluding steroid dienone is 3. The minimum atomic E-state index is -0.723. The molecule has 0 aliphatic heterocycles. The number of hydrogen-bond donors (Lipinski definition) is 0. The molecule has 0 N–H and O–H groups in total. The minimum absolute atomic E-state index is 0.335. The van der Waals surface area contributed by atoms with E-state index in [4.69, 9.17) is 0 Å². The lowest BCUT2D eigenvalue weighted by molar-refractivity contribution is -0.422. The van der Waals surface area contributed by atoms with E-state index in [1.165, 1.54) is 12.2 Å². The van der Waals surface area contributed by atoms with E-state index in [1.54, 1.807) is 0 Å². The van der Waals surface area contributed by atoms with E-state index >= 15 is 0 Å². The van der Waals surface area contributed by atoms with Gasteiger partial charge in [0.05, 0.1) is 4.92 Å². The van der Waals surface area contributed by atoms with Crippen molar-refractivity contribution in [3.05, 3.63) is 33.8 Å². The van der Waals surface area contributed by atoms with Gasteiger partial charge in [0.25, 0.3) is 0 Å². The molecule has 48 valence electrons. The van der Waals surface area contributed by atoms with E-state index in [9.17, 15) is 14.5 Å². The number of nitrogens with zero attached hydrogens (tertiary/aromatic N) is 1. The Labute approximate surface area is 50.6 Å². The zero-order valence-corrected chi connectivity index (χ0v) is 4.50. The van der Waals surface area contributed by atoms with Gasteiger partial charge in [-0.1, -0.05) is 0 Å². The topological polar surface area (TPSA) is 43.1 Å². The van der Waals surface area contributed by atoms with Crippen LogP contribution in [0.3, 0.4) is 0 Å². The molecule has 0 aromatic carbocycles. The van der Waals surface area contributed by atoms with E-state index in [1.807, 2.05) is 0 Å². The van der Waals surface area contributed by atoms with Crippen LogP contribution in [0.15, 0.2) is 23.7 Å². The Kier molecular flexibility index (Phi) is 1.30. The summed E-state index contributed by atoms with van der Waals surface area (Å²) < 4.78 is 12.2. The van der Waals surface area contributed by atoms with Gasteiger partial charge in [0.15, 0.2) is 5.83 Å². The fourth-order valence-electron chi connectivity index (χ4n) is 0.638. The molecule has 1 aliphatic carbocycles. The molecule has 1 rings (SSSR count). The van der Waals surface area contributed by atoms with Crippen LogP contribution in [0.5, 0.6) is 0 Å². The van der Waals surface area contributed by atoms with Gasteiger partial charge in [-0.2, -0.15) is 4.39 Å². The highest BCUT2D eigenvalue weighted by Crippen LogP contribution is 2.19. The molecular formula is C5H4FNO2. The molecule has 0 aromatic rings. The Morgan fingerprint density at radius 3 is 2.56 bits per heavy atom. The average Bonchev–Trinajstić information content (AvgIpc) is 2.13. The second-order valence-electron chi connectivity index (χ2n) is 1.63. The molecule has 0 bridgehead atoms. The van der Waals surface area contributed by atoms with E-state index in [2.05, 4.69) is 0 Å².